The summed E-state index contributed by atoms with van der Waals surface area (Å²) in [4.78, 5) is 47.2. The van der Waals surface area contributed by atoms with E-state index < -0.39 is 17.3 Å². The number of phenols is 1. The topological polar surface area (TPSA) is 145 Å². The van der Waals surface area contributed by atoms with E-state index in [1.807, 2.05) is 0 Å². The van der Waals surface area contributed by atoms with Crippen LogP contribution in [0, 0.1) is 11.2 Å². The molecule has 0 bridgehead atoms. The lowest BCUT2D eigenvalue weighted by molar-refractivity contribution is 0.0880. The molecule has 0 saturated carbocycles. The SMILES string of the molecule is CC1(C)CCCNC1c1ccc(O)c(C(=O)c2ccc(C(=O)N[C@@H]3CCCNC[C@H]3NC(=O)c3ccncn3)cc2)c1F.Cl. The van der Waals surface area contributed by atoms with E-state index in [0.29, 0.717) is 24.1 Å². The van der Waals surface area contributed by atoms with Gasteiger partial charge < -0.3 is 26.4 Å². The zero-order chi connectivity index (χ0) is 30.6. The molecule has 2 aliphatic rings. The molecule has 5 N–H and O–H groups in total. The van der Waals surface area contributed by atoms with E-state index >= 15 is 4.39 Å². The van der Waals surface area contributed by atoms with Gasteiger partial charge in [-0.15, -0.1) is 12.4 Å². The minimum Gasteiger partial charge on any atom is -0.507 e. The standard InChI is InChI=1S/C32H37FN6O4.ClH/c1-32(2)13-4-15-36-29(32)21-10-11-25(40)26(27(21)33)28(41)19-6-8-20(9-7-19)30(42)38-22-5-3-14-34-17-24(22)39-31(43)23-12-16-35-18-37-23;/h6-12,16,18,22,24,29,34,36,40H,3-5,13-15,17H2,1-2H3,(H,38,42)(H,39,43);1H/t22-,24-,29?;/m1./s1. The highest BCUT2D eigenvalue weighted by Crippen LogP contribution is 2.42. The Morgan fingerprint density at radius 3 is 2.39 bits per heavy atom. The summed E-state index contributed by atoms with van der Waals surface area (Å²) in [5.41, 5.74) is 0.424. The average Bonchev–Trinajstić information content (AvgIpc) is 3.22. The molecule has 1 unspecified atom stereocenters. The molecule has 5 rings (SSSR count). The summed E-state index contributed by atoms with van der Waals surface area (Å²) in [5.74, 6) is -2.57. The number of hydrogen-bond acceptors (Lipinski definition) is 8. The molecule has 3 atom stereocenters. The summed E-state index contributed by atoms with van der Waals surface area (Å²) in [5, 5.41) is 23.1. The van der Waals surface area contributed by atoms with Crippen molar-refractivity contribution in [2.75, 3.05) is 19.6 Å². The van der Waals surface area contributed by atoms with E-state index in [-0.39, 0.29) is 64.6 Å². The number of amides is 2. The van der Waals surface area contributed by atoms with E-state index in [1.165, 1.54) is 55.0 Å². The van der Waals surface area contributed by atoms with Crippen LogP contribution >= 0.6 is 12.4 Å². The second-order valence-electron chi connectivity index (χ2n) is 11.8. The summed E-state index contributed by atoms with van der Waals surface area (Å²) in [6, 6.07) is 9.29. The van der Waals surface area contributed by atoms with Gasteiger partial charge in [0.1, 0.15) is 29.2 Å². The van der Waals surface area contributed by atoms with Gasteiger partial charge in [-0.2, -0.15) is 0 Å². The molecule has 1 aromatic heterocycles. The Balaban J connectivity index is 0.00000442. The molecule has 3 aromatic rings. The van der Waals surface area contributed by atoms with Crippen LogP contribution < -0.4 is 21.3 Å². The van der Waals surface area contributed by atoms with E-state index in [0.717, 1.165) is 32.4 Å². The average molecular weight is 625 g/mol. The predicted molar refractivity (Wildman–Crippen MR) is 166 cm³/mol. The first-order chi connectivity index (χ1) is 20.7. The molecule has 3 heterocycles. The van der Waals surface area contributed by atoms with Crippen molar-refractivity contribution in [2.24, 2.45) is 5.41 Å². The van der Waals surface area contributed by atoms with Crippen LogP contribution in [-0.2, 0) is 0 Å². The number of aromatic hydroxyl groups is 1. The Bertz CT molecular complexity index is 1490. The van der Waals surface area contributed by atoms with E-state index in [2.05, 4.69) is 45.1 Å². The molecule has 2 aromatic carbocycles. The van der Waals surface area contributed by atoms with Crippen LogP contribution in [0.3, 0.4) is 0 Å². The Kier molecular flexibility index (Phi) is 10.7. The van der Waals surface area contributed by atoms with Gasteiger partial charge in [0.15, 0.2) is 5.78 Å². The lowest BCUT2D eigenvalue weighted by Gasteiger charge is -2.40. The van der Waals surface area contributed by atoms with Crippen molar-refractivity contribution in [3.8, 4) is 5.75 Å². The van der Waals surface area contributed by atoms with Crippen LogP contribution in [0.1, 0.15) is 87.9 Å². The van der Waals surface area contributed by atoms with Gasteiger partial charge in [-0.25, -0.2) is 14.4 Å². The summed E-state index contributed by atoms with van der Waals surface area (Å²) in [6.45, 7) is 6.08. The van der Waals surface area contributed by atoms with Crippen LogP contribution in [-0.4, -0.2) is 64.4 Å². The van der Waals surface area contributed by atoms with Gasteiger partial charge in [-0.1, -0.05) is 32.0 Å². The summed E-state index contributed by atoms with van der Waals surface area (Å²) < 4.78 is 15.8. The van der Waals surface area contributed by atoms with Gasteiger partial charge in [0, 0.05) is 35.5 Å². The molecule has 234 valence electrons. The molecule has 0 spiro atoms. The Morgan fingerprint density at radius 1 is 0.955 bits per heavy atom. The number of nitrogens with one attached hydrogen (secondary N) is 4. The molecular formula is C32H38ClFN6O4. The van der Waals surface area contributed by atoms with Gasteiger partial charge in [-0.05, 0) is 68.5 Å². The smallest absolute Gasteiger partial charge is 0.270 e. The van der Waals surface area contributed by atoms with Crippen molar-refractivity contribution in [1.29, 1.82) is 0 Å². The van der Waals surface area contributed by atoms with Crippen molar-refractivity contribution in [3.63, 3.8) is 0 Å². The number of rotatable bonds is 7. The van der Waals surface area contributed by atoms with E-state index in [4.69, 9.17) is 0 Å². The van der Waals surface area contributed by atoms with Crippen molar-refractivity contribution in [3.05, 3.63) is 88.8 Å². The summed E-state index contributed by atoms with van der Waals surface area (Å²) in [6.07, 6.45) is 6.12. The number of carbonyl (C=O) groups is 3. The molecular weight excluding hydrogens is 587 g/mol. The molecule has 2 saturated heterocycles. The maximum Gasteiger partial charge on any atom is 0.270 e. The molecule has 2 aliphatic heterocycles. The summed E-state index contributed by atoms with van der Waals surface area (Å²) in [7, 11) is 0. The maximum absolute atomic E-state index is 15.8. The summed E-state index contributed by atoms with van der Waals surface area (Å²) >= 11 is 0. The number of benzene rings is 2. The number of phenolic OH excluding ortho intramolecular Hbond substituents is 1. The molecule has 44 heavy (non-hydrogen) atoms. The minimum atomic E-state index is -0.740. The maximum atomic E-state index is 15.8. The predicted octanol–water partition coefficient (Wildman–Crippen LogP) is 3.71. The molecule has 2 fully saturated rings. The lowest BCUT2D eigenvalue weighted by atomic mass is 9.74. The molecule has 0 radical (unpaired) electrons. The fourth-order valence-corrected chi connectivity index (χ4v) is 5.97. The Hall–Kier alpha value is -3.93. The van der Waals surface area contributed by atoms with E-state index in [9.17, 15) is 19.5 Å². The second kappa shape index (κ2) is 14.2. The first-order valence-corrected chi connectivity index (χ1v) is 14.6. The Morgan fingerprint density at radius 2 is 1.68 bits per heavy atom. The number of hydrogen-bond donors (Lipinski definition) is 5. The van der Waals surface area contributed by atoms with Crippen molar-refractivity contribution < 1.29 is 23.9 Å². The van der Waals surface area contributed by atoms with Gasteiger partial charge in [0.2, 0.25) is 0 Å². The fourth-order valence-electron chi connectivity index (χ4n) is 5.97. The van der Waals surface area contributed by atoms with Gasteiger partial charge in [-0.3, -0.25) is 14.4 Å². The highest BCUT2D eigenvalue weighted by atomic mass is 35.5. The quantitative estimate of drug-likeness (QED) is 0.250. The first kappa shape index (κ1) is 33.0. The Labute approximate surface area is 262 Å². The van der Waals surface area contributed by atoms with Crippen LogP contribution in [0.4, 0.5) is 4.39 Å². The zero-order valence-corrected chi connectivity index (χ0v) is 25.5. The minimum absolute atomic E-state index is 0. The van der Waals surface area contributed by atoms with Gasteiger partial charge in [0.05, 0.1) is 12.1 Å². The third-order valence-electron chi connectivity index (χ3n) is 8.39. The van der Waals surface area contributed by atoms with Crippen molar-refractivity contribution in [2.45, 2.75) is 57.7 Å². The number of carbonyl (C=O) groups excluding carboxylic acids is 3. The molecule has 0 aliphatic carbocycles. The highest BCUT2D eigenvalue weighted by Gasteiger charge is 2.36. The van der Waals surface area contributed by atoms with Crippen LogP contribution in [0.25, 0.3) is 0 Å². The number of halogens is 2. The fraction of sp³-hybridized carbons (Fsp3) is 0.406. The van der Waals surface area contributed by atoms with Crippen molar-refractivity contribution in [1.82, 2.24) is 31.2 Å². The lowest BCUT2D eigenvalue weighted by Crippen LogP contribution is -2.54. The largest absolute Gasteiger partial charge is 0.507 e. The van der Waals surface area contributed by atoms with Gasteiger partial charge in [0.25, 0.3) is 11.8 Å². The van der Waals surface area contributed by atoms with Crippen LogP contribution in [0.5, 0.6) is 5.75 Å². The number of piperidine rings is 1. The van der Waals surface area contributed by atoms with Crippen molar-refractivity contribution >= 4 is 30.0 Å². The normalized spacial score (nSPS) is 21.3. The van der Waals surface area contributed by atoms with E-state index in [1.54, 1.807) is 0 Å². The number of aromatic nitrogens is 2. The number of ketones is 1. The monoisotopic (exact) mass is 624 g/mol. The first-order valence-electron chi connectivity index (χ1n) is 14.6. The van der Waals surface area contributed by atoms with Gasteiger partial charge >= 0.3 is 0 Å². The molecule has 2 amide bonds. The molecule has 12 heteroatoms. The third kappa shape index (κ3) is 7.23. The molecule has 10 nitrogen and oxygen atoms in total. The number of nitrogens with zero attached hydrogens (tertiary/aromatic N) is 2. The van der Waals surface area contributed by atoms with Crippen LogP contribution in [0.15, 0.2) is 55.0 Å². The van der Waals surface area contributed by atoms with Crippen LogP contribution in [0.2, 0.25) is 0 Å². The highest BCUT2D eigenvalue weighted by molar-refractivity contribution is 6.11. The third-order valence-corrected chi connectivity index (χ3v) is 8.39. The zero-order valence-electron chi connectivity index (χ0n) is 24.7. The second-order valence-corrected chi connectivity index (χ2v) is 11.8.